The van der Waals surface area contributed by atoms with E-state index in [2.05, 4.69) is 4.98 Å². The van der Waals surface area contributed by atoms with E-state index >= 15 is 0 Å². The normalized spacial score (nSPS) is 10.7. The summed E-state index contributed by atoms with van der Waals surface area (Å²) in [5.74, 6) is -0.266. The number of carbonyl (C=O) groups excluding carboxylic acids is 1. The van der Waals surface area contributed by atoms with E-state index in [1.807, 2.05) is 0 Å². The van der Waals surface area contributed by atoms with Gasteiger partial charge in [0.25, 0.3) is 6.43 Å². The molecule has 0 radical (unpaired) electrons. The van der Waals surface area contributed by atoms with Crippen LogP contribution in [-0.4, -0.2) is 10.8 Å². The van der Waals surface area contributed by atoms with Gasteiger partial charge in [-0.1, -0.05) is 12.1 Å². The summed E-state index contributed by atoms with van der Waals surface area (Å²) in [5, 5.41) is 0. The Labute approximate surface area is 103 Å². The van der Waals surface area contributed by atoms with Crippen LogP contribution in [0.5, 0.6) is 0 Å². The molecule has 2 aromatic rings. The first-order chi connectivity index (χ1) is 8.59. The van der Waals surface area contributed by atoms with Gasteiger partial charge in [-0.3, -0.25) is 9.78 Å². The minimum atomic E-state index is -2.57. The van der Waals surface area contributed by atoms with Gasteiger partial charge in [0, 0.05) is 29.1 Å². The molecule has 0 fully saturated rings. The number of rotatable bonds is 3. The second kappa shape index (κ2) is 5.04. The molecule has 0 aliphatic carbocycles. The minimum absolute atomic E-state index is 0.141. The van der Waals surface area contributed by atoms with Crippen LogP contribution in [0.4, 0.5) is 8.78 Å². The Kier molecular flexibility index (Phi) is 3.46. The van der Waals surface area contributed by atoms with Crippen molar-refractivity contribution >= 4 is 5.78 Å². The van der Waals surface area contributed by atoms with E-state index in [9.17, 15) is 13.6 Å². The first-order valence-corrected chi connectivity index (χ1v) is 5.43. The Hall–Kier alpha value is -2.10. The molecule has 0 spiro atoms. The van der Waals surface area contributed by atoms with Crippen molar-refractivity contribution in [1.29, 1.82) is 0 Å². The second-order valence-corrected chi connectivity index (χ2v) is 3.94. The van der Waals surface area contributed by atoms with Gasteiger partial charge < -0.3 is 0 Å². The molecular formula is C14H11F2NO. The largest absolute Gasteiger partial charge is 0.289 e. The summed E-state index contributed by atoms with van der Waals surface area (Å²) in [6.45, 7) is 1.73. The van der Waals surface area contributed by atoms with Crippen molar-refractivity contribution in [3.8, 4) is 0 Å². The van der Waals surface area contributed by atoms with Crippen molar-refractivity contribution in [2.75, 3.05) is 0 Å². The molecule has 92 valence electrons. The Balaban J connectivity index is 2.45. The average Bonchev–Trinajstić information content (AvgIpc) is 2.39. The van der Waals surface area contributed by atoms with Crippen molar-refractivity contribution in [1.82, 2.24) is 4.98 Å². The standard InChI is InChI=1S/C14H11F2NO/c1-9-2-3-11(14(15)16)8-12(9)13(18)10-4-6-17-7-5-10/h2-8,14H,1H3. The van der Waals surface area contributed by atoms with Crippen LogP contribution in [0.15, 0.2) is 42.7 Å². The Morgan fingerprint density at radius 3 is 2.44 bits per heavy atom. The SMILES string of the molecule is Cc1ccc(C(F)F)cc1C(=O)c1ccncc1. The molecule has 0 bridgehead atoms. The summed E-state index contributed by atoms with van der Waals surface area (Å²) < 4.78 is 25.2. The molecule has 0 saturated heterocycles. The number of aromatic nitrogens is 1. The van der Waals surface area contributed by atoms with E-state index in [1.165, 1.54) is 30.6 Å². The zero-order valence-electron chi connectivity index (χ0n) is 9.73. The lowest BCUT2D eigenvalue weighted by molar-refractivity contribution is 0.103. The van der Waals surface area contributed by atoms with Gasteiger partial charge in [-0.15, -0.1) is 0 Å². The molecule has 4 heteroatoms. The zero-order valence-corrected chi connectivity index (χ0v) is 9.73. The predicted molar refractivity (Wildman–Crippen MR) is 63.8 cm³/mol. The van der Waals surface area contributed by atoms with Gasteiger partial charge in [0.15, 0.2) is 5.78 Å². The topological polar surface area (TPSA) is 30.0 Å². The molecule has 2 rings (SSSR count). The third kappa shape index (κ3) is 2.42. The average molecular weight is 247 g/mol. The van der Waals surface area contributed by atoms with Crippen LogP contribution in [0, 0.1) is 6.92 Å². The fourth-order valence-corrected chi connectivity index (χ4v) is 1.68. The predicted octanol–water partition coefficient (Wildman–Crippen LogP) is 3.56. The number of carbonyl (C=O) groups is 1. The van der Waals surface area contributed by atoms with Crippen molar-refractivity contribution < 1.29 is 13.6 Å². The maximum Gasteiger partial charge on any atom is 0.263 e. The molecule has 0 atom stereocenters. The zero-order chi connectivity index (χ0) is 13.1. The van der Waals surface area contributed by atoms with Gasteiger partial charge in [-0.25, -0.2) is 8.78 Å². The Morgan fingerprint density at radius 2 is 1.83 bits per heavy atom. The lowest BCUT2D eigenvalue weighted by Gasteiger charge is -2.07. The van der Waals surface area contributed by atoms with E-state index in [0.717, 1.165) is 0 Å². The van der Waals surface area contributed by atoms with Crippen LogP contribution in [0.2, 0.25) is 0 Å². The number of hydrogen-bond donors (Lipinski definition) is 0. The maximum absolute atomic E-state index is 12.6. The van der Waals surface area contributed by atoms with Gasteiger partial charge in [0.05, 0.1) is 0 Å². The van der Waals surface area contributed by atoms with Crippen LogP contribution >= 0.6 is 0 Å². The van der Waals surface area contributed by atoms with Gasteiger partial charge in [-0.2, -0.15) is 0 Å². The summed E-state index contributed by atoms with van der Waals surface area (Å²) in [6.07, 6.45) is 0.425. The Morgan fingerprint density at radius 1 is 1.17 bits per heavy atom. The highest BCUT2D eigenvalue weighted by Crippen LogP contribution is 2.23. The van der Waals surface area contributed by atoms with E-state index in [1.54, 1.807) is 19.1 Å². The van der Waals surface area contributed by atoms with Gasteiger partial charge >= 0.3 is 0 Å². The summed E-state index contributed by atoms with van der Waals surface area (Å²) in [5.41, 5.74) is 1.29. The highest BCUT2D eigenvalue weighted by Gasteiger charge is 2.15. The quantitative estimate of drug-likeness (QED) is 0.776. The van der Waals surface area contributed by atoms with E-state index in [0.29, 0.717) is 16.7 Å². The van der Waals surface area contributed by atoms with Crippen molar-refractivity contribution in [2.45, 2.75) is 13.3 Å². The third-order valence-corrected chi connectivity index (χ3v) is 2.70. The second-order valence-electron chi connectivity index (χ2n) is 3.94. The first-order valence-electron chi connectivity index (χ1n) is 5.43. The van der Waals surface area contributed by atoms with Crippen LogP contribution in [0.1, 0.15) is 33.5 Å². The summed E-state index contributed by atoms with van der Waals surface area (Å²) >= 11 is 0. The monoisotopic (exact) mass is 247 g/mol. The van der Waals surface area contributed by atoms with E-state index in [-0.39, 0.29) is 11.3 Å². The molecule has 0 unspecified atom stereocenters. The molecule has 0 N–H and O–H groups in total. The summed E-state index contributed by atoms with van der Waals surface area (Å²) in [6, 6.07) is 7.26. The van der Waals surface area contributed by atoms with Crippen molar-refractivity contribution in [3.05, 3.63) is 65.0 Å². The number of pyridine rings is 1. The Bertz CT molecular complexity index is 567. The first kappa shape index (κ1) is 12.4. The number of halogens is 2. The molecular weight excluding hydrogens is 236 g/mol. The van der Waals surface area contributed by atoms with Crippen molar-refractivity contribution in [2.24, 2.45) is 0 Å². The number of aryl methyl sites for hydroxylation is 1. The summed E-state index contributed by atoms with van der Waals surface area (Å²) in [7, 11) is 0. The van der Waals surface area contributed by atoms with Crippen LogP contribution in [0.25, 0.3) is 0 Å². The fraction of sp³-hybridized carbons (Fsp3) is 0.143. The maximum atomic E-state index is 12.6. The number of ketones is 1. The molecule has 0 amide bonds. The van der Waals surface area contributed by atoms with Crippen molar-refractivity contribution in [3.63, 3.8) is 0 Å². The van der Waals surface area contributed by atoms with Gasteiger partial charge in [0.1, 0.15) is 0 Å². The van der Waals surface area contributed by atoms with Crippen LogP contribution in [-0.2, 0) is 0 Å². The molecule has 1 aromatic carbocycles. The van der Waals surface area contributed by atoms with E-state index < -0.39 is 6.43 Å². The third-order valence-electron chi connectivity index (χ3n) is 2.70. The number of alkyl halides is 2. The molecule has 1 heterocycles. The molecule has 0 aliphatic rings. The lowest BCUT2D eigenvalue weighted by atomic mass is 9.98. The molecule has 0 aliphatic heterocycles. The lowest BCUT2D eigenvalue weighted by Crippen LogP contribution is -2.04. The number of nitrogens with zero attached hydrogens (tertiary/aromatic N) is 1. The summed E-state index contributed by atoms with van der Waals surface area (Å²) in [4.78, 5) is 16.0. The molecule has 0 saturated carbocycles. The van der Waals surface area contributed by atoms with E-state index in [4.69, 9.17) is 0 Å². The van der Waals surface area contributed by atoms with Gasteiger partial charge in [0.2, 0.25) is 0 Å². The fourth-order valence-electron chi connectivity index (χ4n) is 1.68. The molecule has 2 nitrogen and oxygen atoms in total. The van der Waals surface area contributed by atoms with Crippen LogP contribution in [0.3, 0.4) is 0 Å². The van der Waals surface area contributed by atoms with Gasteiger partial charge in [-0.05, 0) is 30.7 Å². The highest BCUT2D eigenvalue weighted by molar-refractivity contribution is 6.09. The molecule has 18 heavy (non-hydrogen) atoms. The smallest absolute Gasteiger partial charge is 0.263 e. The minimum Gasteiger partial charge on any atom is -0.289 e. The highest BCUT2D eigenvalue weighted by atomic mass is 19.3. The number of hydrogen-bond acceptors (Lipinski definition) is 2. The number of benzene rings is 1. The van der Waals surface area contributed by atoms with Crippen LogP contribution < -0.4 is 0 Å². The molecule has 1 aromatic heterocycles.